The van der Waals surface area contributed by atoms with E-state index in [0.717, 1.165) is 32.7 Å². The van der Waals surface area contributed by atoms with E-state index in [1.54, 1.807) is 20.3 Å². The van der Waals surface area contributed by atoms with Gasteiger partial charge in [0, 0.05) is 25.3 Å². The molecule has 0 aliphatic heterocycles. The highest BCUT2D eigenvalue weighted by molar-refractivity contribution is 6.10. The molecule has 0 radical (unpaired) electrons. The molecule has 0 aliphatic carbocycles. The number of phenolic OH excluding ortho intramolecular Hbond substituents is 1. The Kier molecular flexibility index (Phi) is 5.51. The molecule has 0 aromatic heterocycles. The quantitative estimate of drug-likeness (QED) is 0.432. The zero-order chi connectivity index (χ0) is 20.2. The number of hydrogen-bond acceptors (Lipinski definition) is 5. The number of benzene rings is 4. The van der Waals surface area contributed by atoms with Crippen molar-refractivity contribution < 1.29 is 24.1 Å². The summed E-state index contributed by atoms with van der Waals surface area (Å²) in [6.45, 7) is 0.119. The molecule has 0 fully saturated rings. The van der Waals surface area contributed by atoms with E-state index >= 15 is 0 Å². The summed E-state index contributed by atoms with van der Waals surface area (Å²) in [5.41, 5.74) is 1.58. The first-order valence-electron chi connectivity index (χ1n) is 9.25. The Hall–Kier alpha value is -3.28. The van der Waals surface area contributed by atoms with Crippen LogP contribution in [0.4, 0.5) is 0 Å². The van der Waals surface area contributed by atoms with Gasteiger partial charge in [0.05, 0.1) is 0 Å². The highest BCUT2D eigenvalue weighted by Gasteiger charge is 2.22. The van der Waals surface area contributed by atoms with E-state index < -0.39 is 0 Å². The molecular formula is C24H22O5. The lowest BCUT2D eigenvalue weighted by atomic mass is 9.92. The number of hydrogen-bond donors (Lipinski definition) is 1. The van der Waals surface area contributed by atoms with Gasteiger partial charge < -0.3 is 24.1 Å². The van der Waals surface area contributed by atoms with Gasteiger partial charge in [0.2, 0.25) is 0 Å². The van der Waals surface area contributed by atoms with Crippen molar-refractivity contribution in [2.75, 3.05) is 27.8 Å². The summed E-state index contributed by atoms with van der Waals surface area (Å²) in [5.74, 6) is 1.04. The number of methoxy groups -OCH3 is 2. The summed E-state index contributed by atoms with van der Waals surface area (Å²) in [5, 5.41) is 14.6. The molecule has 5 heteroatoms. The summed E-state index contributed by atoms with van der Waals surface area (Å²) < 4.78 is 22.0. The molecule has 0 unspecified atom stereocenters. The van der Waals surface area contributed by atoms with E-state index in [1.807, 2.05) is 60.7 Å². The molecule has 0 amide bonds. The molecule has 5 nitrogen and oxygen atoms in total. The van der Waals surface area contributed by atoms with Crippen molar-refractivity contribution in [3.8, 4) is 28.4 Å². The molecule has 0 aliphatic rings. The number of phenols is 1. The second-order valence-electron chi connectivity index (χ2n) is 6.58. The molecule has 148 valence electrons. The second-order valence-corrected chi connectivity index (χ2v) is 6.58. The van der Waals surface area contributed by atoms with Gasteiger partial charge in [-0.05, 0) is 33.7 Å². The normalized spacial score (nSPS) is 11.1. The third kappa shape index (κ3) is 3.58. The summed E-state index contributed by atoms with van der Waals surface area (Å²) in [6, 6.07) is 21.5. The largest absolute Gasteiger partial charge is 0.504 e. The smallest absolute Gasteiger partial charge is 0.188 e. The van der Waals surface area contributed by atoms with E-state index in [4.69, 9.17) is 18.9 Å². The van der Waals surface area contributed by atoms with E-state index in [1.165, 1.54) is 0 Å². The lowest BCUT2D eigenvalue weighted by Gasteiger charge is -2.20. The summed E-state index contributed by atoms with van der Waals surface area (Å²) in [4.78, 5) is 0. The summed E-state index contributed by atoms with van der Waals surface area (Å²) >= 11 is 0. The molecule has 4 aromatic rings. The van der Waals surface area contributed by atoms with Crippen LogP contribution in [0, 0.1) is 0 Å². The molecule has 0 heterocycles. The van der Waals surface area contributed by atoms with Crippen LogP contribution in [0.1, 0.15) is 0 Å². The van der Waals surface area contributed by atoms with Crippen molar-refractivity contribution in [2.24, 2.45) is 0 Å². The highest BCUT2D eigenvalue weighted by atomic mass is 16.7. The molecule has 4 rings (SSSR count). The minimum absolute atomic E-state index is 0.0118. The fraction of sp³-hybridized carbons (Fsp3) is 0.167. The van der Waals surface area contributed by atoms with E-state index in [-0.39, 0.29) is 19.3 Å². The van der Waals surface area contributed by atoms with Crippen molar-refractivity contribution in [3.63, 3.8) is 0 Å². The first-order chi connectivity index (χ1) is 14.2. The monoisotopic (exact) mass is 390 g/mol. The maximum absolute atomic E-state index is 10.8. The Bertz CT molecular complexity index is 1150. The van der Waals surface area contributed by atoms with Gasteiger partial charge in [-0.25, -0.2) is 0 Å². The molecule has 29 heavy (non-hydrogen) atoms. The molecule has 0 saturated carbocycles. The molecule has 1 N–H and O–H groups in total. The average Bonchev–Trinajstić information content (AvgIpc) is 2.75. The van der Waals surface area contributed by atoms with Crippen LogP contribution in [-0.4, -0.2) is 32.9 Å². The van der Waals surface area contributed by atoms with Crippen LogP contribution in [-0.2, 0) is 9.47 Å². The molecule has 0 saturated heterocycles. The predicted octanol–water partition coefficient (Wildman–Crippen LogP) is 5.33. The van der Waals surface area contributed by atoms with Crippen molar-refractivity contribution in [3.05, 3.63) is 66.7 Å². The van der Waals surface area contributed by atoms with Gasteiger partial charge in [0.25, 0.3) is 0 Å². The summed E-state index contributed by atoms with van der Waals surface area (Å²) in [7, 11) is 3.13. The molecule has 0 spiro atoms. The van der Waals surface area contributed by atoms with Crippen LogP contribution in [0.25, 0.3) is 32.7 Å². The third-order valence-corrected chi connectivity index (χ3v) is 4.78. The Balaban J connectivity index is 2.11. The number of fused-ring (bicyclic) bond motifs is 2. The lowest BCUT2D eigenvalue weighted by Crippen LogP contribution is -2.04. The topological polar surface area (TPSA) is 57.2 Å². The van der Waals surface area contributed by atoms with Gasteiger partial charge in [0.15, 0.2) is 25.1 Å². The predicted molar refractivity (Wildman–Crippen MR) is 114 cm³/mol. The van der Waals surface area contributed by atoms with Crippen LogP contribution in [0.2, 0.25) is 0 Å². The SMILES string of the molecule is COCOc1ccc2ccccc2c1-c1c(OCOC)c(O)cc2ccccc12. The van der Waals surface area contributed by atoms with Crippen molar-refractivity contribution in [1.29, 1.82) is 0 Å². The maximum atomic E-state index is 10.8. The standard InChI is InChI=1S/C24H22O5/c1-26-14-28-21-12-11-16-7-3-5-9-18(16)22(21)23-19-10-6-4-8-17(19)13-20(25)24(23)29-15-27-2/h3-13,25H,14-15H2,1-2H3. The van der Waals surface area contributed by atoms with Gasteiger partial charge in [-0.1, -0.05) is 54.6 Å². The van der Waals surface area contributed by atoms with Crippen molar-refractivity contribution in [1.82, 2.24) is 0 Å². The fourth-order valence-electron chi connectivity index (χ4n) is 3.58. The summed E-state index contributed by atoms with van der Waals surface area (Å²) in [6.07, 6.45) is 0. The van der Waals surface area contributed by atoms with Crippen molar-refractivity contribution in [2.45, 2.75) is 0 Å². The molecule has 0 bridgehead atoms. The Morgan fingerprint density at radius 1 is 0.690 bits per heavy atom. The van der Waals surface area contributed by atoms with E-state index in [0.29, 0.717) is 11.5 Å². The fourth-order valence-corrected chi connectivity index (χ4v) is 3.58. The minimum atomic E-state index is 0.0118. The molecular weight excluding hydrogens is 368 g/mol. The second kappa shape index (κ2) is 8.39. The Morgan fingerprint density at radius 3 is 2.03 bits per heavy atom. The first-order valence-corrected chi connectivity index (χ1v) is 9.25. The van der Waals surface area contributed by atoms with Crippen LogP contribution >= 0.6 is 0 Å². The van der Waals surface area contributed by atoms with Crippen LogP contribution in [0.15, 0.2) is 66.7 Å². The maximum Gasteiger partial charge on any atom is 0.188 e. The van der Waals surface area contributed by atoms with Crippen molar-refractivity contribution >= 4 is 21.5 Å². The number of ether oxygens (including phenoxy) is 4. The van der Waals surface area contributed by atoms with Crippen LogP contribution in [0.3, 0.4) is 0 Å². The van der Waals surface area contributed by atoms with Gasteiger partial charge in [-0.15, -0.1) is 0 Å². The number of aromatic hydroxyl groups is 1. The van der Waals surface area contributed by atoms with Crippen LogP contribution in [0.5, 0.6) is 17.2 Å². The van der Waals surface area contributed by atoms with Gasteiger partial charge in [-0.2, -0.15) is 0 Å². The van der Waals surface area contributed by atoms with E-state index in [2.05, 4.69) is 0 Å². The number of rotatable bonds is 7. The Labute approximate surface area is 169 Å². The van der Waals surface area contributed by atoms with E-state index in [9.17, 15) is 5.11 Å². The third-order valence-electron chi connectivity index (χ3n) is 4.78. The zero-order valence-corrected chi connectivity index (χ0v) is 16.3. The average molecular weight is 390 g/mol. The van der Waals surface area contributed by atoms with Gasteiger partial charge >= 0.3 is 0 Å². The van der Waals surface area contributed by atoms with Crippen LogP contribution < -0.4 is 9.47 Å². The molecule has 0 atom stereocenters. The highest BCUT2D eigenvalue weighted by Crippen LogP contribution is 2.49. The van der Waals surface area contributed by atoms with Gasteiger partial charge in [-0.3, -0.25) is 0 Å². The first kappa shape index (κ1) is 19.1. The zero-order valence-electron chi connectivity index (χ0n) is 16.3. The minimum Gasteiger partial charge on any atom is -0.504 e. The molecule has 4 aromatic carbocycles. The van der Waals surface area contributed by atoms with Gasteiger partial charge in [0.1, 0.15) is 5.75 Å². The lowest BCUT2D eigenvalue weighted by molar-refractivity contribution is 0.0489. The Morgan fingerprint density at radius 2 is 1.31 bits per heavy atom.